The second kappa shape index (κ2) is 10.3. The van der Waals surface area contributed by atoms with E-state index in [1.807, 2.05) is 0 Å². The van der Waals surface area contributed by atoms with Crippen molar-refractivity contribution in [3.05, 3.63) is 11.4 Å². The summed E-state index contributed by atoms with van der Waals surface area (Å²) in [5, 5.41) is 18.4. The number of aliphatic carboxylic acids is 1. The van der Waals surface area contributed by atoms with Crippen molar-refractivity contribution in [2.24, 2.45) is 0 Å². The number of carbonyl (C=O) groups is 1. The van der Waals surface area contributed by atoms with E-state index in [-0.39, 0.29) is 13.0 Å². The van der Waals surface area contributed by atoms with Crippen LogP contribution in [0.1, 0.15) is 17.8 Å². The number of ether oxygens (including phenoxy) is 2. The molecule has 0 saturated carbocycles. The van der Waals surface area contributed by atoms with Crippen LogP contribution >= 0.6 is 31.9 Å². The van der Waals surface area contributed by atoms with E-state index in [4.69, 9.17) is 14.6 Å². The molecule has 1 aromatic rings. The molecule has 1 rings (SSSR count). The highest BCUT2D eigenvalue weighted by Crippen LogP contribution is 2.10. The molecule has 0 aliphatic rings. The van der Waals surface area contributed by atoms with Gasteiger partial charge >= 0.3 is 5.97 Å². The third-order valence-corrected chi connectivity index (χ3v) is 3.39. The van der Waals surface area contributed by atoms with Gasteiger partial charge in [0.05, 0.1) is 50.8 Å². The standard InChI is InChI=1S/C11H17Br2N3O4/c12-7-9-10(8-13)15-16(14-9)2-4-20-6-5-19-3-1-11(17)18/h1-8H2,(H,17,18). The van der Waals surface area contributed by atoms with E-state index in [0.29, 0.717) is 37.0 Å². The van der Waals surface area contributed by atoms with E-state index in [0.717, 1.165) is 11.4 Å². The van der Waals surface area contributed by atoms with E-state index in [2.05, 4.69) is 42.1 Å². The SMILES string of the molecule is O=C(O)CCOCCOCCn1nc(CBr)c(CBr)n1. The lowest BCUT2D eigenvalue weighted by Gasteiger charge is -2.04. The second-order valence-corrected chi connectivity index (χ2v) is 4.95. The van der Waals surface area contributed by atoms with Crippen LogP contribution in [0.2, 0.25) is 0 Å². The molecule has 1 aromatic heterocycles. The van der Waals surface area contributed by atoms with Gasteiger partial charge in [0.1, 0.15) is 0 Å². The van der Waals surface area contributed by atoms with Crippen molar-refractivity contribution in [1.82, 2.24) is 15.0 Å². The maximum absolute atomic E-state index is 10.2. The fraction of sp³-hybridized carbons (Fsp3) is 0.727. The number of halogens is 2. The molecule has 0 aliphatic carbocycles. The lowest BCUT2D eigenvalue weighted by molar-refractivity contribution is -0.138. The Hall–Kier alpha value is -0.510. The van der Waals surface area contributed by atoms with E-state index in [1.165, 1.54) is 0 Å². The molecule has 20 heavy (non-hydrogen) atoms. The van der Waals surface area contributed by atoms with Crippen LogP contribution in [0.5, 0.6) is 0 Å². The van der Waals surface area contributed by atoms with Crippen molar-refractivity contribution in [2.45, 2.75) is 23.6 Å². The van der Waals surface area contributed by atoms with Gasteiger partial charge in [-0.2, -0.15) is 15.0 Å². The van der Waals surface area contributed by atoms with Crippen molar-refractivity contribution < 1.29 is 19.4 Å². The molecule has 7 nitrogen and oxygen atoms in total. The maximum atomic E-state index is 10.2. The third kappa shape index (κ3) is 6.78. The van der Waals surface area contributed by atoms with Gasteiger partial charge in [0, 0.05) is 10.7 Å². The normalized spacial score (nSPS) is 10.9. The zero-order valence-corrected chi connectivity index (χ0v) is 14.1. The lowest BCUT2D eigenvalue weighted by atomic mass is 10.4. The molecule has 9 heteroatoms. The monoisotopic (exact) mass is 413 g/mol. The largest absolute Gasteiger partial charge is 0.481 e. The minimum Gasteiger partial charge on any atom is -0.481 e. The minimum atomic E-state index is -0.860. The van der Waals surface area contributed by atoms with Crippen LogP contribution in [0.25, 0.3) is 0 Å². The third-order valence-electron chi connectivity index (χ3n) is 2.33. The first kappa shape index (κ1) is 17.5. The topological polar surface area (TPSA) is 86.5 Å². The number of carboxylic acids is 1. The zero-order chi connectivity index (χ0) is 14.8. The summed E-state index contributed by atoms with van der Waals surface area (Å²) in [4.78, 5) is 11.8. The van der Waals surface area contributed by atoms with Crippen LogP contribution < -0.4 is 0 Å². The minimum absolute atomic E-state index is 0.0157. The van der Waals surface area contributed by atoms with E-state index in [1.54, 1.807) is 4.80 Å². The van der Waals surface area contributed by atoms with E-state index < -0.39 is 5.97 Å². The van der Waals surface area contributed by atoms with Crippen molar-refractivity contribution >= 4 is 37.8 Å². The van der Waals surface area contributed by atoms with Crippen molar-refractivity contribution in [1.29, 1.82) is 0 Å². The Kier molecular flexibility index (Phi) is 8.99. The fourth-order valence-corrected chi connectivity index (χ4v) is 2.22. The summed E-state index contributed by atoms with van der Waals surface area (Å²) >= 11 is 6.73. The highest BCUT2D eigenvalue weighted by Gasteiger charge is 2.08. The van der Waals surface area contributed by atoms with E-state index in [9.17, 15) is 4.79 Å². The number of hydrogen-bond acceptors (Lipinski definition) is 5. The summed E-state index contributed by atoms with van der Waals surface area (Å²) in [7, 11) is 0. The molecule has 0 radical (unpaired) electrons. The van der Waals surface area contributed by atoms with Gasteiger partial charge in [0.2, 0.25) is 0 Å². The first-order valence-corrected chi connectivity index (χ1v) is 8.33. The van der Waals surface area contributed by atoms with Gasteiger partial charge in [-0.25, -0.2) is 0 Å². The number of aromatic nitrogens is 3. The summed E-state index contributed by atoms with van der Waals surface area (Å²) < 4.78 is 10.5. The molecule has 0 atom stereocenters. The number of alkyl halides is 2. The van der Waals surface area contributed by atoms with Crippen molar-refractivity contribution in [3.8, 4) is 0 Å². The maximum Gasteiger partial charge on any atom is 0.305 e. The van der Waals surface area contributed by atoms with Crippen molar-refractivity contribution in [3.63, 3.8) is 0 Å². The highest BCUT2D eigenvalue weighted by molar-refractivity contribution is 9.09. The molecule has 0 fully saturated rings. The Morgan fingerprint density at radius 2 is 1.60 bits per heavy atom. The van der Waals surface area contributed by atoms with Gasteiger partial charge in [-0.15, -0.1) is 0 Å². The first-order chi connectivity index (χ1) is 9.67. The molecule has 0 unspecified atom stereocenters. The molecule has 0 spiro atoms. The Morgan fingerprint density at radius 1 is 1.05 bits per heavy atom. The Balaban J connectivity index is 2.09. The Labute approximate surface area is 133 Å². The molecule has 0 saturated heterocycles. The molecule has 0 amide bonds. The zero-order valence-electron chi connectivity index (χ0n) is 10.9. The number of hydrogen-bond donors (Lipinski definition) is 1. The predicted octanol–water partition coefficient (Wildman–Crippen LogP) is 1.58. The molecule has 0 aromatic carbocycles. The number of nitrogens with zero attached hydrogens (tertiary/aromatic N) is 3. The number of carboxylic acid groups (broad SMARTS) is 1. The van der Waals surface area contributed by atoms with Crippen molar-refractivity contribution in [2.75, 3.05) is 26.4 Å². The van der Waals surface area contributed by atoms with E-state index >= 15 is 0 Å². The Bertz CT molecular complexity index is 393. The predicted molar refractivity (Wildman–Crippen MR) is 79.2 cm³/mol. The Morgan fingerprint density at radius 3 is 2.10 bits per heavy atom. The van der Waals surface area contributed by atoms with Crippen LogP contribution in [-0.4, -0.2) is 52.5 Å². The molecular weight excluding hydrogens is 398 g/mol. The van der Waals surface area contributed by atoms with Gasteiger partial charge in [-0.1, -0.05) is 31.9 Å². The lowest BCUT2D eigenvalue weighted by Crippen LogP contribution is -2.13. The van der Waals surface area contributed by atoms with Gasteiger partial charge in [0.25, 0.3) is 0 Å². The molecule has 0 aliphatic heterocycles. The first-order valence-electron chi connectivity index (χ1n) is 6.09. The van der Waals surface area contributed by atoms with Crippen LogP contribution in [0, 0.1) is 0 Å². The summed E-state index contributed by atoms with van der Waals surface area (Å²) in [6, 6.07) is 0. The molecule has 0 bridgehead atoms. The smallest absolute Gasteiger partial charge is 0.305 e. The van der Waals surface area contributed by atoms with Gasteiger partial charge in [-0.3, -0.25) is 4.79 Å². The number of rotatable bonds is 11. The van der Waals surface area contributed by atoms with Crippen LogP contribution in [0.4, 0.5) is 0 Å². The summed E-state index contributed by atoms with van der Waals surface area (Å²) in [6.45, 7) is 2.09. The van der Waals surface area contributed by atoms with Crippen LogP contribution in [0.3, 0.4) is 0 Å². The second-order valence-electron chi connectivity index (χ2n) is 3.83. The van der Waals surface area contributed by atoms with Gasteiger partial charge < -0.3 is 14.6 Å². The summed E-state index contributed by atoms with van der Waals surface area (Å²) in [6.07, 6.45) is 0.0157. The molecule has 1 N–H and O–H groups in total. The highest BCUT2D eigenvalue weighted by atomic mass is 79.9. The summed E-state index contributed by atoms with van der Waals surface area (Å²) in [5.74, 6) is -0.860. The molecule has 1 heterocycles. The quantitative estimate of drug-likeness (QED) is 0.437. The average Bonchev–Trinajstić information content (AvgIpc) is 2.83. The van der Waals surface area contributed by atoms with Crippen LogP contribution in [-0.2, 0) is 31.5 Å². The van der Waals surface area contributed by atoms with Crippen LogP contribution in [0.15, 0.2) is 0 Å². The average molecular weight is 415 g/mol. The molecule has 114 valence electrons. The molecular formula is C11H17Br2N3O4. The summed E-state index contributed by atoms with van der Waals surface area (Å²) in [5.41, 5.74) is 1.83. The van der Waals surface area contributed by atoms with Gasteiger partial charge in [0.15, 0.2) is 0 Å². The van der Waals surface area contributed by atoms with Gasteiger partial charge in [-0.05, 0) is 0 Å². The fourth-order valence-electron chi connectivity index (χ4n) is 1.35.